The Labute approximate surface area is 126 Å². The molecule has 0 bridgehead atoms. The van der Waals surface area contributed by atoms with Gasteiger partial charge in [0.2, 0.25) is 0 Å². The molecule has 2 aliphatic carbocycles. The molecule has 1 fully saturated rings. The third-order valence-electron chi connectivity index (χ3n) is 6.64. The van der Waals surface area contributed by atoms with E-state index < -0.39 is 0 Å². The van der Waals surface area contributed by atoms with Crippen molar-refractivity contribution in [1.82, 2.24) is 0 Å². The van der Waals surface area contributed by atoms with E-state index in [4.69, 9.17) is 0 Å². The third kappa shape index (κ3) is 2.76. The van der Waals surface area contributed by atoms with Gasteiger partial charge in [-0.25, -0.2) is 0 Å². The summed E-state index contributed by atoms with van der Waals surface area (Å²) >= 11 is 0. The number of rotatable bonds is 3. The molecule has 0 nitrogen and oxygen atoms in total. The lowest BCUT2D eigenvalue weighted by molar-refractivity contribution is 0.0812. The lowest BCUT2D eigenvalue weighted by Crippen LogP contribution is -2.43. The highest BCUT2D eigenvalue weighted by Gasteiger charge is 2.47. The molecule has 0 unspecified atom stereocenters. The van der Waals surface area contributed by atoms with Crippen molar-refractivity contribution in [2.75, 3.05) is 0 Å². The first-order chi connectivity index (χ1) is 9.31. The van der Waals surface area contributed by atoms with Crippen LogP contribution < -0.4 is 0 Å². The molecular weight excluding hydrogens is 240 g/mol. The summed E-state index contributed by atoms with van der Waals surface area (Å²) < 4.78 is 0. The van der Waals surface area contributed by atoms with Gasteiger partial charge >= 0.3 is 0 Å². The fourth-order valence-electron chi connectivity index (χ4n) is 4.53. The summed E-state index contributed by atoms with van der Waals surface area (Å²) in [6, 6.07) is 0. The van der Waals surface area contributed by atoms with Gasteiger partial charge < -0.3 is 0 Å². The average Bonchev–Trinajstić information content (AvgIpc) is 2.40. The normalized spacial score (nSPS) is 37.3. The standard InChI is InChI=1S/C20H34/c1-7-15(2)12-14-20(6)16(3)10-11-17-18(20)9-8-13-19(17,4)5/h7,9,16-17H,8,10-14H2,1-6H3/b15-7+/t16-,17+,20+/m1/s1. The van der Waals surface area contributed by atoms with E-state index in [0.717, 1.165) is 11.8 Å². The van der Waals surface area contributed by atoms with E-state index in [2.05, 4.69) is 53.7 Å². The van der Waals surface area contributed by atoms with E-state index in [1.54, 1.807) is 5.57 Å². The highest BCUT2D eigenvalue weighted by molar-refractivity contribution is 5.26. The Bertz CT molecular complexity index is 410. The Morgan fingerprint density at radius 2 is 2.00 bits per heavy atom. The lowest BCUT2D eigenvalue weighted by Gasteiger charge is -2.53. The van der Waals surface area contributed by atoms with Gasteiger partial charge in [0.25, 0.3) is 0 Å². The van der Waals surface area contributed by atoms with Gasteiger partial charge in [0.1, 0.15) is 0 Å². The molecule has 0 aliphatic heterocycles. The van der Waals surface area contributed by atoms with Crippen LogP contribution in [0.15, 0.2) is 23.3 Å². The van der Waals surface area contributed by atoms with Gasteiger partial charge in [-0.15, -0.1) is 0 Å². The van der Waals surface area contributed by atoms with Crippen LogP contribution in [0.1, 0.15) is 80.1 Å². The molecule has 0 spiro atoms. The molecule has 0 saturated heterocycles. The van der Waals surface area contributed by atoms with Crippen LogP contribution in [0.25, 0.3) is 0 Å². The largest absolute Gasteiger partial charge is 0.0887 e. The Morgan fingerprint density at radius 3 is 2.65 bits per heavy atom. The van der Waals surface area contributed by atoms with Gasteiger partial charge in [-0.1, -0.05) is 51.0 Å². The Morgan fingerprint density at radius 1 is 1.30 bits per heavy atom. The molecule has 20 heavy (non-hydrogen) atoms. The quantitative estimate of drug-likeness (QED) is 0.513. The highest BCUT2D eigenvalue weighted by atomic mass is 14.5. The number of fused-ring (bicyclic) bond motifs is 1. The minimum absolute atomic E-state index is 0.435. The molecule has 0 radical (unpaired) electrons. The van der Waals surface area contributed by atoms with Gasteiger partial charge in [-0.2, -0.15) is 0 Å². The van der Waals surface area contributed by atoms with Crippen LogP contribution in [-0.4, -0.2) is 0 Å². The lowest BCUT2D eigenvalue weighted by atomic mass is 9.52. The first-order valence-electron chi connectivity index (χ1n) is 8.63. The molecule has 0 N–H and O–H groups in total. The summed E-state index contributed by atoms with van der Waals surface area (Å²) in [5.41, 5.74) is 4.32. The van der Waals surface area contributed by atoms with Crippen LogP contribution in [0.2, 0.25) is 0 Å². The van der Waals surface area contributed by atoms with Crippen molar-refractivity contribution in [2.45, 2.75) is 80.1 Å². The summed E-state index contributed by atoms with van der Waals surface area (Å²) in [5, 5.41) is 0. The SMILES string of the molecule is C/C=C(\C)CC[C@]1(C)C2=CCCC(C)(C)[C@H]2CC[C@H]1C. The monoisotopic (exact) mass is 274 g/mol. The number of hydrogen-bond donors (Lipinski definition) is 0. The Balaban J connectivity index is 2.27. The van der Waals surface area contributed by atoms with Crippen molar-refractivity contribution in [2.24, 2.45) is 22.7 Å². The predicted molar refractivity (Wildman–Crippen MR) is 89.8 cm³/mol. The smallest absolute Gasteiger partial charge is 0.00848 e. The summed E-state index contributed by atoms with van der Waals surface area (Å²) in [4.78, 5) is 0. The second kappa shape index (κ2) is 5.70. The van der Waals surface area contributed by atoms with Crippen LogP contribution in [0.4, 0.5) is 0 Å². The zero-order valence-corrected chi connectivity index (χ0v) is 14.6. The molecular formula is C20H34. The maximum atomic E-state index is 2.62. The number of allylic oxidation sites excluding steroid dienone is 4. The van der Waals surface area contributed by atoms with E-state index in [1.165, 1.54) is 38.5 Å². The van der Waals surface area contributed by atoms with Crippen LogP contribution >= 0.6 is 0 Å². The maximum absolute atomic E-state index is 2.62. The van der Waals surface area contributed by atoms with Crippen molar-refractivity contribution in [3.63, 3.8) is 0 Å². The van der Waals surface area contributed by atoms with E-state index in [0.29, 0.717) is 10.8 Å². The fraction of sp³-hybridized carbons (Fsp3) is 0.800. The molecule has 0 aromatic rings. The first kappa shape index (κ1) is 15.9. The van der Waals surface area contributed by atoms with Crippen LogP contribution in [-0.2, 0) is 0 Å². The average molecular weight is 274 g/mol. The first-order valence-corrected chi connectivity index (χ1v) is 8.63. The summed E-state index contributed by atoms with van der Waals surface area (Å²) in [5.74, 6) is 1.67. The minimum Gasteiger partial charge on any atom is -0.0887 e. The van der Waals surface area contributed by atoms with E-state index in [-0.39, 0.29) is 0 Å². The second-order valence-corrected chi connectivity index (χ2v) is 8.27. The Kier molecular flexibility index (Phi) is 4.52. The van der Waals surface area contributed by atoms with E-state index >= 15 is 0 Å². The molecule has 3 atom stereocenters. The molecule has 0 heterocycles. The van der Waals surface area contributed by atoms with Crippen LogP contribution in [0.3, 0.4) is 0 Å². The summed E-state index contributed by atoms with van der Waals surface area (Å²) in [6.45, 7) is 14.5. The highest BCUT2D eigenvalue weighted by Crippen LogP contribution is 2.58. The second-order valence-electron chi connectivity index (χ2n) is 8.27. The van der Waals surface area contributed by atoms with Gasteiger partial charge in [0.15, 0.2) is 0 Å². The van der Waals surface area contributed by atoms with Crippen molar-refractivity contribution >= 4 is 0 Å². The van der Waals surface area contributed by atoms with Crippen LogP contribution in [0.5, 0.6) is 0 Å². The zero-order chi connectivity index (χ0) is 15.0. The van der Waals surface area contributed by atoms with Crippen LogP contribution in [0, 0.1) is 22.7 Å². The summed E-state index contributed by atoms with van der Waals surface area (Å²) in [6.07, 6.45) is 13.0. The van der Waals surface area contributed by atoms with Gasteiger partial charge in [0, 0.05) is 0 Å². The third-order valence-corrected chi connectivity index (χ3v) is 6.64. The predicted octanol–water partition coefficient (Wildman–Crippen LogP) is 6.53. The minimum atomic E-state index is 0.435. The van der Waals surface area contributed by atoms with E-state index in [9.17, 15) is 0 Å². The van der Waals surface area contributed by atoms with Crippen molar-refractivity contribution in [3.8, 4) is 0 Å². The molecule has 0 amide bonds. The molecule has 0 aromatic heterocycles. The van der Waals surface area contributed by atoms with Gasteiger partial charge in [0.05, 0.1) is 0 Å². The molecule has 114 valence electrons. The fourth-order valence-corrected chi connectivity index (χ4v) is 4.53. The molecule has 1 saturated carbocycles. The topological polar surface area (TPSA) is 0 Å². The summed E-state index contributed by atoms with van der Waals surface area (Å²) in [7, 11) is 0. The van der Waals surface area contributed by atoms with Crippen molar-refractivity contribution in [1.29, 1.82) is 0 Å². The molecule has 2 rings (SSSR count). The van der Waals surface area contributed by atoms with Crippen molar-refractivity contribution < 1.29 is 0 Å². The molecule has 2 aliphatic rings. The Hall–Kier alpha value is -0.520. The molecule has 0 heteroatoms. The van der Waals surface area contributed by atoms with E-state index in [1.807, 2.05) is 5.57 Å². The zero-order valence-electron chi connectivity index (χ0n) is 14.6. The number of hydrogen-bond acceptors (Lipinski definition) is 0. The van der Waals surface area contributed by atoms with Gasteiger partial charge in [-0.05, 0) is 75.0 Å². The molecule has 0 aromatic carbocycles. The van der Waals surface area contributed by atoms with Crippen molar-refractivity contribution in [3.05, 3.63) is 23.3 Å². The van der Waals surface area contributed by atoms with Gasteiger partial charge in [-0.3, -0.25) is 0 Å². The maximum Gasteiger partial charge on any atom is -0.00848 e.